The van der Waals surface area contributed by atoms with Gasteiger partial charge in [0.1, 0.15) is 5.75 Å². The lowest BCUT2D eigenvalue weighted by Gasteiger charge is -2.30. The third kappa shape index (κ3) is 4.98. The Labute approximate surface area is 163 Å². The largest absolute Gasteiger partial charge is 0.484 e. The number of non-ortho nitro benzene ring substituents is 1. The first-order valence-electron chi connectivity index (χ1n) is 9.04. The molecule has 8 nitrogen and oxygen atoms in total. The first-order valence-corrected chi connectivity index (χ1v) is 9.04. The van der Waals surface area contributed by atoms with Crippen LogP contribution in [0.15, 0.2) is 36.4 Å². The molecule has 0 saturated carbocycles. The van der Waals surface area contributed by atoms with Crippen molar-refractivity contribution in [1.29, 1.82) is 0 Å². The monoisotopic (exact) mass is 385 g/mol. The number of hydrogen-bond acceptors (Lipinski definition) is 6. The normalized spacial score (nSPS) is 13.9. The third-order valence-electron chi connectivity index (χ3n) is 4.38. The van der Waals surface area contributed by atoms with Gasteiger partial charge in [-0.3, -0.25) is 14.9 Å². The van der Waals surface area contributed by atoms with Crippen LogP contribution in [0.25, 0.3) is 0 Å². The number of carbonyl (C=O) groups is 1. The average molecular weight is 385 g/mol. The Morgan fingerprint density at radius 1 is 1.18 bits per heavy atom. The third-order valence-corrected chi connectivity index (χ3v) is 4.38. The fourth-order valence-electron chi connectivity index (χ4n) is 3.16. The SMILES string of the molecule is Cc1cc(C)cc(OCC(=O)Nc2ccc([N+](=O)[O-])cc2N2CCOCC2)c1. The number of carbonyl (C=O) groups excluding carboxylic acids is 1. The van der Waals surface area contributed by atoms with Crippen LogP contribution in [0.5, 0.6) is 5.75 Å². The molecule has 28 heavy (non-hydrogen) atoms. The van der Waals surface area contributed by atoms with Crippen LogP contribution in [0.4, 0.5) is 17.1 Å². The van der Waals surface area contributed by atoms with E-state index in [1.807, 2.05) is 36.9 Å². The molecule has 1 aliphatic rings. The molecule has 0 unspecified atom stereocenters. The molecule has 2 aromatic carbocycles. The van der Waals surface area contributed by atoms with E-state index in [4.69, 9.17) is 9.47 Å². The Balaban J connectivity index is 1.72. The summed E-state index contributed by atoms with van der Waals surface area (Å²) in [5, 5.41) is 13.9. The van der Waals surface area contributed by atoms with Crippen LogP contribution >= 0.6 is 0 Å². The zero-order valence-electron chi connectivity index (χ0n) is 15.9. The van der Waals surface area contributed by atoms with Gasteiger partial charge < -0.3 is 19.7 Å². The predicted molar refractivity (Wildman–Crippen MR) is 106 cm³/mol. The maximum atomic E-state index is 12.4. The summed E-state index contributed by atoms with van der Waals surface area (Å²) in [5.41, 5.74) is 3.21. The van der Waals surface area contributed by atoms with E-state index in [0.717, 1.165) is 11.1 Å². The van der Waals surface area contributed by atoms with Crippen LogP contribution in [-0.4, -0.2) is 43.7 Å². The van der Waals surface area contributed by atoms with Gasteiger partial charge >= 0.3 is 0 Å². The maximum absolute atomic E-state index is 12.4. The molecule has 1 aliphatic heterocycles. The van der Waals surface area contributed by atoms with Gasteiger partial charge in [-0.1, -0.05) is 6.07 Å². The van der Waals surface area contributed by atoms with Gasteiger partial charge in [-0.05, 0) is 43.2 Å². The molecule has 0 atom stereocenters. The fraction of sp³-hybridized carbons (Fsp3) is 0.350. The lowest BCUT2D eigenvalue weighted by molar-refractivity contribution is -0.384. The lowest BCUT2D eigenvalue weighted by Crippen LogP contribution is -2.37. The van der Waals surface area contributed by atoms with Crippen molar-refractivity contribution >= 4 is 23.0 Å². The van der Waals surface area contributed by atoms with Crippen molar-refractivity contribution in [3.8, 4) is 5.75 Å². The summed E-state index contributed by atoms with van der Waals surface area (Å²) < 4.78 is 10.9. The molecule has 0 bridgehead atoms. The summed E-state index contributed by atoms with van der Waals surface area (Å²) in [5.74, 6) is 0.298. The standard InChI is InChI=1S/C20H23N3O5/c1-14-9-15(2)11-17(10-14)28-13-20(24)21-18-4-3-16(23(25)26)12-19(18)22-5-7-27-8-6-22/h3-4,9-12H,5-8,13H2,1-2H3,(H,21,24). The van der Waals surface area contributed by atoms with Crippen LogP contribution in [0.2, 0.25) is 0 Å². The number of rotatable bonds is 6. The van der Waals surface area contributed by atoms with Crippen molar-refractivity contribution in [3.05, 3.63) is 57.6 Å². The maximum Gasteiger partial charge on any atom is 0.271 e. The summed E-state index contributed by atoms with van der Waals surface area (Å²) in [6.45, 7) is 6.04. The molecule has 2 aromatic rings. The number of benzene rings is 2. The van der Waals surface area contributed by atoms with Crippen molar-refractivity contribution in [1.82, 2.24) is 0 Å². The zero-order valence-corrected chi connectivity index (χ0v) is 15.9. The second-order valence-corrected chi connectivity index (χ2v) is 6.72. The molecule has 0 aromatic heterocycles. The van der Waals surface area contributed by atoms with Crippen LogP contribution in [-0.2, 0) is 9.53 Å². The molecule has 0 radical (unpaired) electrons. The molecule has 3 rings (SSSR count). The Morgan fingerprint density at radius 2 is 1.86 bits per heavy atom. The first-order chi connectivity index (χ1) is 13.4. The number of nitro groups is 1. The quantitative estimate of drug-likeness (QED) is 0.607. The molecule has 1 heterocycles. The minimum atomic E-state index is -0.446. The van der Waals surface area contributed by atoms with E-state index in [-0.39, 0.29) is 18.2 Å². The molecule has 8 heteroatoms. The number of amides is 1. The van der Waals surface area contributed by atoms with Gasteiger partial charge in [0.05, 0.1) is 29.5 Å². The topological polar surface area (TPSA) is 93.9 Å². The smallest absolute Gasteiger partial charge is 0.271 e. The molecular weight excluding hydrogens is 362 g/mol. The van der Waals surface area contributed by atoms with Crippen molar-refractivity contribution in [2.24, 2.45) is 0 Å². The van der Waals surface area contributed by atoms with E-state index in [9.17, 15) is 14.9 Å². The molecule has 148 valence electrons. The highest BCUT2D eigenvalue weighted by Crippen LogP contribution is 2.31. The molecule has 0 spiro atoms. The van der Waals surface area contributed by atoms with Gasteiger partial charge in [-0.15, -0.1) is 0 Å². The summed E-state index contributed by atoms with van der Waals surface area (Å²) in [4.78, 5) is 25.1. The fourth-order valence-corrected chi connectivity index (χ4v) is 3.16. The van der Waals surface area contributed by atoms with Crippen LogP contribution in [0, 0.1) is 24.0 Å². The molecule has 1 fully saturated rings. The second-order valence-electron chi connectivity index (χ2n) is 6.72. The van der Waals surface area contributed by atoms with E-state index in [1.54, 1.807) is 6.07 Å². The number of nitrogens with zero attached hydrogens (tertiary/aromatic N) is 2. The zero-order chi connectivity index (χ0) is 20.1. The average Bonchev–Trinajstić information content (AvgIpc) is 2.66. The highest BCUT2D eigenvalue weighted by molar-refractivity contribution is 5.95. The summed E-state index contributed by atoms with van der Waals surface area (Å²) >= 11 is 0. The number of nitro benzene ring substituents is 1. The van der Waals surface area contributed by atoms with Crippen molar-refractivity contribution in [3.63, 3.8) is 0 Å². The second kappa shape index (κ2) is 8.71. The van der Waals surface area contributed by atoms with E-state index in [0.29, 0.717) is 43.4 Å². The number of morpholine rings is 1. The van der Waals surface area contributed by atoms with E-state index in [2.05, 4.69) is 5.32 Å². The van der Waals surface area contributed by atoms with Crippen LogP contribution in [0.3, 0.4) is 0 Å². The minimum absolute atomic E-state index is 0.0222. The highest BCUT2D eigenvalue weighted by Gasteiger charge is 2.20. The van der Waals surface area contributed by atoms with E-state index in [1.165, 1.54) is 12.1 Å². The van der Waals surface area contributed by atoms with Gasteiger partial charge in [0.25, 0.3) is 11.6 Å². The Morgan fingerprint density at radius 3 is 2.50 bits per heavy atom. The number of anilines is 2. The van der Waals surface area contributed by atoms with Crippen molar-refractivity contribution in [2.75, 3.05) is 43.1 Å². The molecule has 0 aliphatic carbocycles. The van der Waals surface area contributed by atoms with Gasteiger partial charge in [0.2, 0.25) is 0 Å². The van der Waals surface area contributed by atoms with Gasteiger partial charge in [-0.25, -0.2) is 0 Å². The van der Waals surface area contributed by atoms with E-state index >= 15 is 0 Å². The molecular formula is C20H23N3O5. The first kappa shape index (κ1) is 19.6. The Kier molecular flexibility index (Phi) is 6.10. The van der Waals surface area contributed by atoms with Crippen molar-refractivity contribution in [2.45, 2.75) is 13.8 Å². The molecule has 1 saturated heterocycles. The number of hydrogen-bond donors (Lipinski definition) is 1. The molecule has 1 N–H and O–H groups in total. The number of nitrogens with one attached hydrogen (secondary N) is 1. The Hall–Kier alpha value is -3.13. The lowest BCUT2D eigenvalue weighted by atomic mass is 10.1. The highest BCUT2D eigenvalue weighted by atomic mass is 16.6. The van der Waals surface area contributed by atoms with E-state index < -0.39 is 4.92 Å². The van der Waals surface area contributed by atoms with Gasteiger partial charge in [0.15, 0.2) is 6.61 Å². The van der Waals surface area contributed by atoms with Gasteiger partial charge in [-0.2, -0.15) is 0 Å². The van der Waals surface area contributed by atoms with Crippen LogP contribution in [0.1, 0.15) is 11.1 Å². The number of ether oxygens (including phenoxy) is 2. The van der Waals surface area contributed by atoms with Crippen molar-refractivity contribution < 1.29 is 19.2 Å². The van der Waals surface area contributed by atoms with Gasteiger partial charge in [0, 0.05) is 25.2 Å². The predicted octanol–water partition coefficient (Wildman–Crippen LogP) is 3.07. The Bertz CT molecular complexity index is 858. The summed E-state index contributed by atoms with van der Waals surface area (Å²) in [7, 11) is 0. The minimum Gasteiger partial charge on any atom is -0.484 e. The molecule has 1 amide bonds. The number of aryl methyl sites for hydroxylation is 2. The van der Waals surface area contributed by atoms with Crippen LogP contribution < -0.4 is 15.0 Å². The summed E-state index contributed by atoms with van der Waals surface area (Å²) in [6.07, 6.45) is 0. The summed E-state index contributed by atoms with van der Waals surface area (Å²) in [6, 6.07) is 10.2.